The molecule has 0 saturated carbocycles. The molecule has 3 N–H and O–H groups in total. The second-order valence-electron chi connectivity index (χ2n) is 10.2. The number of hydrogen-bond acceptors (Lipinski definition) is 8. The van der Waals surface area contributed by atoms with Crippen LogP contribution in [0.4, 0.5) is 23.1 Å². The van der Waals surface area contributed by atoms with Crippen molar-refractivity contribution in [2.24, 2.45) is 0 Å². The van der Waals surface area contributed by atoms with Crippen LogP contribution < -0.4 is 20.7 Å². The van der Waals surface area contributed by atoms with Gasteiger partial charge in [-0.05, 0) is 94.8 Å². The van der Waals surface area contributed by atoms with E-state index >= 15 is 0 Å². The summed E-state index contributed by atoms with van der Waals surface area (Å²) in [4.78, 5) is 9.19. The molecule has 0 atom stereocenters. The van der Waals surface area contributed by atoms with E-state index in [1.54, 1.807) is 38.1 Å². The molecule has 202 valence electrons. The van der Waals surface area contributed by atoms with E-state index in [2.05, 4.69) is 38.9 Å². The van der Waals surface area contributed by atoms with Crippen molar-refractivity contribution < 1.29 is 13.2 Å². The average Bonchev–Trinajstić information content (AvgIpc) is 2.91. The molecule has 2 aliphatic rings. The lowest BCUT2D eigenvalue weighted by Gasteiger charge is -2.31. The van der Waals surface area contributed by atoms with Crippen molar-refractivity contribution >= 4 is 44.6 Å². The van der Waals surface area contributed by atoms with Crippen molar-refractivity contribution in [1.82, 2.24) is 15.3 Å². The third-order valence-electron chi connectivity index (χ3n) is 7.25. The summed E-state index contributed by atoms with van der Waals surface area (Å²) in [6, 6.07) is 8.88. The van der Waals surface area contributed by atoms with Gasteiger partial charge < -0.3 is 20.7 Å². The molecule has 3 aromatic rings. The first kappa shape index (κ1) is 26.7. The maximum Gasteiger partial charge on any atom is 0.229 e. The zero-order chi connectivity index (χ0) is 26.9. The van der Waals surface area contributed by atoms with E-state index in [0.717, 1.165) is 50.2 Å². The third kappa shape index (κ3) is 5.32. The Balaban J connectivity index is 1.47. The fraction of sp³-hybridized carbons (Fsp3) is 0.429. The Hall–Kier alpha value is -2.88. The number of anilines is 4. The SMILES string of the molecule is Cc1cc(Nc2ncc(Cl)c(Nc3ccccc3S(=O)(=O)C(C)C)n2)c2c(c1C1CCNCC1)CCCO2. The fourth-order valence-electron chi connectivity index (χ4n) is 5.33. The summed E-state index contributed by atoms with van der Waals surface area (Å²) >= 11 is 6.43. The number of aromatic nitrogens is 2. The molecule has 1 fully saturated rings. The van der Waals surface area contributed by atoms with E-state index in [1.165, 1.54) is 22.9 Å². The van der Waals surface area contributed by atoms with E-state index in [0.29, 0.717) is 30.0 Å². The molecule has 2 aliphatic heterocycles. The van der Waals surface area contributed by atoms with Crippen LogP contribution in [0.1, 0.15) is 55.7 Å². The predicted molar refractivity (Wildman–Crippen MR) is 152 cm³/mol. The van der Waals surface area contributed by atoms with Crippen LogP contribution in [0.2, 0.25) is 5.02 Å². The van der Waals surface area contributed by atoms with Gasteiger partial charge in [-0.2, -0.15) is 4.98 Å². The topological polar surface area (TPSA) is 105 Å². The van der Waals surface area contributed by atoms with E-state index in [9.17, 15) is 8.42 Å². The highest BCUT2D eigenvalue weighted by Crippen LogP contribution is 2.43. The first-order valence-corrected chi connectivity index (χ1v) is 15.1. The minimum Gasteiger partial charge on any atom is -0.491 e. The number of aryl methyl sites for hydroxylation is 1. The zero-order valence-electron chi connectivity index (χ0n) is 22.0. The molecule has 2 aromatic carbocycles. The largest absolute Gasteiger partial charge is 0.491 e. The van der Waals surface area contributed by atoms with Crippen molar-refractivity contribution in [2.45, 2.75) is 62.5 Å². The molecule has 0 spiro atoms. The van der Waals surface area contributed by atoms with Crippen molar-refractivity contribution in [3.8, 4) is 5.75 Å². The number of para-hydroxylation sites is 1. The van der Waals surface area contributed by atoms with Gasteiger partial charge in [-0.15, -0.1) is 0 Å². The Morgan fingerprint density at radius 1 is 1.13 bits per heavy atom. The molecule has 5 rings (SSSR count). The maximum absolute atomic E-state index is 12.9. The quantitative estimate of drug-likeness (QED) is 0.331. The summed E-state index contributed by atoms with van der Waals surface area (Å²) in [6.07, 6.45) is 5.74. The van der Waals surface area contributed by atoms with Crippen LogP contribution in [0.3, 0.4) is 0 Å². The van der Waals surface area contributed by atoms with Gasteiger partial charge in [-0.1, -0.05) is 23.7 Å². The van der Waals surface area contributed by atoms with Crippen LogP contribution in [0.15, 0.2) is 41.4 Å². The molecule has 0 radical (unpaired) electrons. The van der Waals surface area contributed by atoms with Gasteiger partial charge in [0.1, 0.15) is 10.8 Å². The second-order valence-corrected chi connectivity index (χ2v) is 13.0. The molecule has 0 bridgehead atoms. The molecule has 1 aromatic heterocycles. The highest BCUT2D eigenvalue weighted by Gasteiger charge is 2.27. The minimum atomic E-state index is -3.51. The lowest BCUT2D eigenvalue weighted by atomic mass is 9.82. The van der Waals surface area contributed by atoms with Crippen LogP contribution in [-0.4, -0.2) is 43.3 Å². The number of ether oxygens (including phenoxy) is 1. The fourth-order valence-corrected chi connectivity index (χ4v) is 6.67. The monoisotopic (exact) mass is 555 g/mol. The highest BCUT2D eigenvalue weighted by atomic mass is 35.5. The summed E-state index contributed by atoms with van der Waals surface area (Å²) in [7, 11) is -3.51. The number of sulfone groups is 1. The number of halogens is 1. The van der Waals surface area contributed by atoms with Gasteiger partial charge in [0.25, 0.3) is 0 Å². The molecular formula is C28H34ClN5O3S. The summed E-state index contributed by atoms with van der Waals surface area (Å²) in [5.41, 5.74) is 5.19. The Bertz CT molecular complexity index is 1440. The van der Waals surface area contributed by atoms with Gasteiger partial charge in [0.2, 0.25) is 5.95 Å². The van der Waals surface area contributed by atoms with Crippen molar-refractivity contribution in [1.29, 1.82) is 0 Å². The summed E-state index contributed by atoms with van der Waals surface area (Å²) in [5.74, 6) is 2.06. The summed E-state index contributed by atoms with van der Waals surface area (Å²) in [6.45, 7) is 8.23. The van der Waals surface area contributed by atoms with Crippen LogP contribution in [-0.2, 0) is 16.3 Å². The van der Waals surface area contributed by atoms with Crippen LogP contribution in [0, 0.1) is 6.92 Å². The Kier molecular flexibility index (Phi) is 7.79. The van der Waals surface area contributed by atoms with Crippen LogP contribution >= 0.6 is 11.6 Å². The standard InChI is InChI=1S/C28H34ClN5O3S/c1-17(2)38(35,36)24-9-5-4-8-22(24)32-27-21(29)16-31-28(34-27)33-23-15-18(3)25(19-10-12-30-13-11-19)20-7-6-14-37-26(20)23/h4-5,8-9,15-17,19,30H,6-7,10-14H2,1-3H3,(H2,31,32,33,34). The summed E-state index contributed by atoms with van der Waals surface area (Å²) in [5, 5.41) is 9.64. The number of nitrogens with one attached hydrogen (secondary N) is 3. The third-order valence-corrected chi connectivity index (χ3v) is 9.74. The molecule has 0 aliphatic carbocycles. The number of nitrogens with zero attached hydrogens (tertiary/aromatic N) is 2. The Morgan fingerprint density at radius 3 is 2.66 bits per heavy atom. The van der Waals surface area contributed by atoms with E-state index in [1.807, 2.05) is 0 Å². The lowest BCUT2D eigenvalue weighted by Crippen LogP contribution is -2.28. The van der Waals surface area contributed by atoms with Crippen molar-refractivity contribution in [3.05, 3.63) is 58.2 Å². The normalized spacial score (nSPS) is 16.1. The average molecular weight is 556 g/mol. The molecule has 3 heterocycles. The number of fused-ring (bicyclic) bond motifs is 1. The van der Waals surface area contributed by atoms with Gasteiger partial charge in [0, 0.05) is 5.56 Å². The van der Waals surface area contributed by atoms with Gasteiger partial charge in [-0.25, -0.2) is 13.4 Å². The van der Waals surface area contributed by atoms with Crippen molar-refractivity contribution in [3.63, 3.8) is 0 Å². The number of hydrogen-bond donors (Lipinski definition) is 3. The Morgan fingerprint density at radius 2 is 1.89 bits per heavy atom. The lowest BCUT2D eigenvalue weighted by molar-refractivity contribution is 0.287. The molecule has 0 amide bonds. The number of rotatable bonds is 7. The zero-order valence-corrected chi connectivity index (χ0v) is 23.5. The van der Waals surface area contributed by atoms with Gasteiger partial charge >= 0.3 is 0 Å². The highest BCUT2D eigenvalue weighted by molar-refractivity contribution is 7.92. The predicted octanol–water partition coefficient (Wildman–Crippen LogP) is 5.90. The smallest absolute Gasteiger partial charge is 0.229 e. The number of piperidine rings is 1. The molecule has 8 nitrogen and oxygen atoms in total. The van der Waals surface area contributed by atoms with E-state index in [-0.39, 0.29) is 9.92 Å². The maximum atomic E-state index is 12.9. The molecule has 0 unspecified atom stereocenters. The van der Waals surface area contributed by atoms with Crippen LogP contribution in [0.5, 0.6) is 5.75 Å². The minimum absolute atomic E-state index is 0.200. The van der Waals surface area contributed by atoms with E-state index < -0.39 is 15.1 Å². The molecular weight excluding hydrogens is 522 g/mol. The Labute approximate surface area is 229 Å². The van der Waals surface area contributed by atoms with Crippen LogP contribution in [0.25, 0.3) is 0 Å². The number of benzene rings is 2. The summed E-state index contributed by atoms with van der Waals surface area (Å²) < 4.78 is 32.0. The second kappa shape index (κ2) is 11.1. The molecule has 1 saturated heterocycles. The van der Waals surface area contributed by atoms with Gasteiger partial charge in [0.15, 0.2) is 15.7 Å². The van der Waals surface area contributed by atoms with Crippen molar-refractivity contribution in [2.75, 3.05) is 30.3 Å². The first-order chi connectivity index (χ1) is 18.3. The van der Waals surface area contributed by atoms with Gasteiger partial charge in [-0.3, -0.25) is 0 Å². The first-order valence-electron chi connectivity index (χ1n) is 13.1. The molecule has 10 heteroatoms. The van der Waals surface area contributed by atoms with Gasteiger partial charge in [0.05, 0.1) is 34.3 Å². The molecule has 38 heavy (non-hydrogen) atoms. The van der Waals surface area contributed by atoms with E-state index in [4.69, 9.17) is 16.3 Å².